The van der Waals surface area contributed by atoms with Gasteiger partial charge < -0.3 is 0 Å². The smallest absolute Gasteiger partial charge is 0.234 e. The Kier molecular flexibility index (Phi) is 3.38. The summed E-state index contributed by atoms with van der Waals surface area (Å²) in [4.78, 5) is 4.07. The van der Waals surface area contributed by atoms with Crippen molar-refractivity contribution in [1.29, 1.82) is 0 Å². The summed E-state index contributed by atoms with van der Waals surface area (Å²) in [7, 11) is -3.36. The van der Waals surface area contributed by atoms with Crippen LogP contribution in [0.15, 0.2) is 36.7 Å². The van der Waals surface area contributed by atoms with Gasteiger partial charge in [-0.25, -0.2) is 8.42 Å². The lowest BCUT2D eigenvalue weighted by Crippen LogP contribution is -2.18. The molecule has 2 heterocycles. The number of aryl methyl sites for hydroxylation is 1. The molecule has 0 aromatic carbocycles. The fraction of sp³-hybridized carbons (Fsp3) is 0.200. The Morgan fingerprint density at radius 3 is 2.76 bits per heavy atom. The van der Waals surface area contributed by atoms with Gasteiger partial charge in [-0.3, -0.25) is 14.8 Å². The molecule has 17 heavy (non-hydrogen) atoms. The molecule has 90 valence electrons. The predicted molar refractivity (Wildman–Crippen MR) is 63.9 cm³/mol. The highest BCUT2D eigenvalue weighted by molar-refractivity contribution is 7.92. The van der Waals surface area contributed by atoms with Crippen molar-refractivity contribution in [3.05, 3.63) is 42.4 Å². The Balaban J connectivity index is 1.94. The Morgan fingerprint density at radius 2 is 2.12 bits per heavy atom. The highest BCUT2D eigenvalue weighted by Gasteiger charge is 2.11. The van der Waals surface area contributed by atoms with E-state index in [1.165, 1.54) is 6.20 Å². The number of nitrogens with one attached hydrogen (secondary N) is 2. The maximum absolute atomic E-state index is 11.7. The number of sulfonamides is 1. The van der Waals surface area contributed by atoms with Crippen LogP contribution in [0.25, 0.3) is 0 Å². The Bertz CT molecular complexity index is 551. The van der Waals surface area contributed by atoms with E-state index >= 15 is 0 Å². The summed E-state index contributed by atoms with van der Waals surface area (Å²) in [5, 5.41) is 6.20. The molecule has 0 saturated heterocycles. The first-order valence-electron chi connectivity index (χ1n) is 5.05. The average molecular weight is 252 g/mol. The molecule has 2 N–H and O–H groups in total. The van der Waals surface area contributed by atoms with Gasteiger partial charge in [0.15, 0.2) is 0 Å². The standard InChI is InChI=1S/C10H12N4O2S/c15-17(16,14-10-4-7-12-13-10)8-5-9-3-1-2-6-11-9/h1-4,6-7H,5,8H2,(H2,12,13,14). The summed E-state index contributed by atoms with van der Waals surface area (Å²) in [6.07, 6.45) is 3.51. The first-order valence-corrected chi connectivity index (χ1v) is 6.71. The third-order valence-electron chi connectivity index (χ3n) is 2.12. The van der Waals surface area contributed by atoms with E-state index in [4.69, 9.17) is 0 Å². The molecule has 0 aliphatic carbocycles. The molecule has 0 aliphatic heterocycles. The second-order valence-corrected chi connectivity index (χ2v) is 5.30. The number of nitrogens with zero attached hydrogens (tertiary/aromatic N) is 2. The molecule has 0 atom stereocenters. The molecule has 0 spiro atoms. The maximum Gasteiger partial charge on any atom is 0.234 e. The van der Waals surface area contributed by atoms with Crippen LogP contribution in [0.1, 0.15) is 5.69 Å². The van der Waals surface area contributed by atoms with Crippen LogP contribution in [0.2, 0.25) is 0 Å². The normalized spacial score (nSPS) is 11.3. The third kappa shape index (κ3) is 3.56. The van der Waals surface area contributed by atoms with Crippen molar-refractivity contribution in [2.24, 2.45) is 0 Å². The van der Waals surface area contributed by atoms with Crippen molar-refractivity contribution >= 4 is 15.8 Å². The van der Waals surface area contributed by atoms with Crippen LogP contribution in [0.5, 0.6) is 0 Å². The summed E-state index contributed by atoms with van der Waals surface area (Å²) >= 11 is 0. The van der Waals surface area contributed by atoms with E-state index in [-0.39, 0.29) is 5.75 Å². The topological polar surface area (TPSA) is 87.7 Å². The summed E-state index contributed by atoms with van der Waals surface area (Å²) in [6, 6.07) is 6.97. The van der Waals surface area contributed by atoms with Crippen LogP contribution in [-0.2, 0) is 16.4 Å². The zero-order valence-corrected chi connectivity index (χ0v) is 9.81. The van der Waals surface area contributed by atoms with Gasteiger partial charge >= 0.3 is 0 Å². The van der Waals surface area contributed by atoms with E-state index < -0.39 is 10.0 Å². The van der Waals surface area contributed by atoms with Crippen molar-refractivity contribution in [3.8, 4) is 0 Å². The van der Waals surface area contributed by atoms with Gasteiger partial charge in [0.1, 0.15) is 5.82 Å². The molecule has 6 nitrogen and oxygen atoms in total. The Labute approximate surface area is 99.1 Å². The monoisotopic (exact) mass is 252 g/mol. The van der Waals surface area contributed by atoms with Gasteiger partial charge in [0, 0.05) is 24.4 Å². The molecule has 0 radical (unpaired) electrons. The van der Waals surface area contributed by atoms with Gasteiger partial charge in [-0.05, 0) is 12.1 Å². The molecule has 0 fully saturated rings. The minimum atomic E-state index is -3.36. The van der Waals surface area contributed by atoms with Crippen LogP contribution < -0.4 is 4.72 Å². The van der Waals surface area contributed by atoms with E-state index in [1.54, 1.807) is 24.4 Å². The average Bonchev–Trinajstić information content (AvgIpc) is 2.80. The van der Waals surface area contributed by atoms with Crippen molar-refractivity contribution in [3.63, 3.8) is 0 Å². The lowest BCUT2D eigenvalue weighted by molar-refractivity contribution is 0.600. The van der Waals surface area contributed by atoms with Crippen molar-refractivity contribution < 1.29 is 8.42 Å². The van der Waals surface area contributed by atoms with Gasteiger partial charge in [-0.1, -0.05) is 6.07 Å². The molecule has 2 aromatic heterocycles. The lowest BCUT2D eigenvalue weighted by Gasteiger charge is -2.05. The fourth-order valence-corrected chi connectivity index (χ4v) is 2.34. The summed E-state index contributed by atoms with van der Waals surface area (Å²) < 4.78 is 25.8. The molecule has 2 rings (SSSR count). The van der Waals surface area contributed by atoms with Crippen LogP contribution in [0, 0.1) is 0 Å². The van der Waals surface area contributed by atoms with Crippen LogP contribution in [-0.4, -0.2) is 29.4 Å². The Hall–Kier alpha value is -1.89. The molecule has 7 heteroatoms. The minimum absolute atomic E-state index is 0.0109. The largest absolute Gasteiger partial charge is 0.268 e. The molecule has 0 unspecified atom stereocenters. The molecular weight excluding hydrogens is 240 g/mol. The molecule has 0 aliphatic rings. The maximum atomic E-state index is 11.7. The fourth-order valence-electron chi connectivity index (χ4n) is 1.32. The second kappa shape index (κ2) is 4.96. The first-order chi connectivity index (χ1) is 8.16. The zero-order chi connectivity index (χ0) is 12.1. The van der Waals surface area contributed by atoms with Gasteiger partial charge in [0.05, 0.1) is 11.9 Å². The molecule has 0 saturated carbocycles. The summed E-state index contributed by atoms with van der Waals surface area (Å²) in [5.74, 6) is 0.356. The summed E-state index contributed by atoms with van der Waals surface area (Å²) in [5.41, 5.74) is 0.752. The number of hydrogen-bond acceptors (Lipinski definition) is 4. The predicted octanol–water partition coefficient (Wildman–Crippen LogP) is 0.789. The van der Waals surface area contributed by atoms with Crippen molar-refractivity contribution in [2.45, 2.75) is 6.42 Å². The lowest BCUT2D eigenvalue weighted by atomic mass is 10.3. The van der Waals surface area contributed by atoms with Gasteiger partial charge in [0.2, 0.25) is 10.0 Å². The second-order valence-electron chi connectivity index (χ2n) is 3.46. The van der Waals surface area contributed by atoms with E-state index in [1.807, 2.05) is 6.07 Å². The quantitative estimate of drug-likeness (QED) is 0.823. The first kappa shape index (κ1) is 11.6. The highest BCUT2D eigenvalue weighted by Crippen LogP contribution is 2.05. The van der Waals surface area contributed by atoms with E-state index in [0.717, 1.165) is 5.69 Å². The van der Waals surface area contributed by atoms with E-state index in [2.05, 4.69) is 19.9 Å². The number of aromatic amines is 1. The molecule has 0 bridgehead atoms. The summed E-state index contributed by atoms with van der Waals surface area (Å²) in [6.45, 7) is 0. The molecule has 0 amide bonds. The highest BCUT2D eigenvalue weighted by atomic mass is 32.2. The van der Waals surface area contributed by atoms with Crippen LogP contribution >= 0.6 is 0 Å². The minimum Gasteiger partial charge on any atom is -0.268 e. The van der Waals surface area contributed by atoms with Gasteiger partial charge in [-0.2, -0.15) is 5.10 Å². The van der Waals surface area contributed by atoms with Crippen LogP contribution in [0.3, 0.4) is 0 Å². The van der Waals surface area contributed by atoms with Gasteiger partial charge in [-0.15, -0.1) is 0 Å². The van der Waals surface area contributed by atoms with Gasteiger partial charge in [0.25, 0.3) is 0 Å². The molecular formula is C10H12N4O2S. The number of rotatable bonds is 5. The van der Waals surface area contributed by atoms with Crippen molar-refractivity contribution in [1.82, 2.24) is 15.2 Å². The van der Waals surface area contributed by atoms with E-state index in [0.29, 0.717) is 12.2 Å². The SMILES string of the molecule is O=S(=O)(CCc1ccccn1)Nc1ccn[nH]1. The number of aromatic nitrogens is 3. The Morgan fingerprint density at radius 1 is 1.24 bits per heavy atom. The number of anilines is 1. The van der Waals surface area contributed by atoms with E-state index in [9.17, 15) is 8.42 Å². The number of H-pyrrole nitrogens is 1. The number of pyridine rings is 1. The third-order valence-corrected chi connectivity index (χ3v) is 3.39. The number of hydrogen-bond donors (Lipinski definition) is 2. The zero-order valence-electron chi connectivity index (χ0n) is 9.00. The molecule has 2 aromatic rings. The van der Waals surface area contributed by atoms with Crippen LogP contribution in [0.4, 0.5) is 5.82 Å². The van der Waals surface area contributed by atoms with Crippen molar-refractivity contribution in [2.75, 3.05) is 10.5 Å².